The summed E-state index contributed by atoms with van der Waals surface area (Å²) in [5, 5.41) is 9.45. The molecule has 0 saturated carbocycles. The first-order valence-corrected chi connectivity index (χ1v) is 19.3. The fourth-order valence-corrected chi connectivity index (χ4v) is 8.81. The van der Waals surface area contributed by atoms with Crippen molar-refractivity contribution in [3.8, 4) is 39.3 Å². The molecule has 0 fully saturated rings. The Morgan fingerprint density at radius 3 is 1.28 bits per heavy atom. The van der Waals surface area contributed by atoms with E-state index in [4.69, 9.17) is 4.98 Å². The van der Waals surface area contributed by atoms with E-state index in [-0.39, 0.29) is 5.78 Å². The molecular formula is C54H34N2O. The van der Waals surface area contributed by atoms with E-state index in [1.54, 1.807) is 0 Å². The summed E-state index contributed by atoms with van der Waals surface area (Å²) in [5.41, 5.74) is 10.2. The molecule has 0 radical (unpaired) electrons. The lowest BCUT2D eigenvalue weighted by molar-refractivity contribution is 0.103. The SMILES string of the molecule is O=C(c1ccccc1)c1ccc(-c2c3ccccc3c(-c3ccc(-c4nc5c6ccccc6c6ccccc6c5n4-c4ccccc4)cc3)c3ccccc23)cc1. The van der Waals surface area contributed by atoms with Crippen molar-refractivity contribution in [3.63, 3.8) is 0 Å². The molecule has 10 aromatic carbocycles. The molecule has 0 spiro atoms. The summed E-state index contributed by atoms with van der Waals surface area (Å²) in [7, 11) is 0. The van der Waals surface area contributed by atoms with Gasteiger partial charge in [0, 0.05) is 33.2 Å². The molecule has 0 aliphatic heterocycles. The second-order valence-corrected chi connectivity index (χ2v) is 14.6. The highest BCUT2D eigenvalue weighted by atomic mass is 16.1. The molecule has 11 aromatic rings. The number of carbonyl (C=O) groups is 1. The van der Waals surface area contributed by atoms with Crippen LogP contribution in [0.4, 0.5) is 0 Å². The fraction of sp³-hybridized carbons (Fsp3) is 0. The lowest BCUT2D eigenvalue weighted by atomic mass is 9.85. The van der Waals surface area contributed by atoms with E-state index in [0.29, 0.717) is 11.1 Å². The molecule has 0 unspecified atom stereocenters. The van der Waals surface area contributed by atoms with Gasteiger partial charge in [0.25, 0.3) is 0 Å². The standard InChI is InChI=1S/C54H34N2O/c57-53(37-15-3-1-4-16-37)38-31-27-35(28-32-38)49-43-21-9-11-23-45(43)50(46-24-12-10-22-44(46)49)36-29-33-39(34-30-36)54-55-51-47-25-13-7-19-41(47)42-20-8-14-26-48(42)52(51)56(54)40-17-5-2-6-18-40/h1-34H. The van der Waals surface area contributed by atoms with Crippen LogP contribution in [0.1, 0.15) is 15.9 Å². The predicted octanol–water partition coefficient (Wildman–Crippen LogP) is 13.9. The van der Waals surface area contributed by atoms with Gasteiger partial charge in [-0.15, -0.1) is 0 Å². The topological polar surface area (TPSA) is 34.9 Å². The number of benzene rings is 10. The minimum absolute atomic E-state index is 0.0247. The van der Waals surface area contributed by atoms with Crippen molar-refractivity contribution < 1.29 is 4.79 Å². The summed E-state index contributed by atoms with van der Waals surface area (Å²) in [4.78, 5) is 18.7. The number of hydrogen-bond acceptors (Lipinski definition) is 2. The quantitative estimate of drug-likeness (QED) is 0.0971. The number of rotatable bonds is 6. The molecule has 3 heteroatoms. The van der Waals surface area contributed by atoms with Gasteiger partial charge in [0.05, 0.1) is 11.0 Å². The Kier molecular flexibility index (Phi) is 7.65. The van der Waals surface area contributed by atoms with Crippen LogP contribution in [0.2, 0.25) is 0 Å². The first-order valence-electron chi connectivity index (χ1n) is 19.3. The van der Waals surface area contributed by atoms with Crippen molar-refractivity contribution >= 4 is 59.9 Å². The molecule has 0 atom stereocenters. The largest absolute Gasteiger partial charge is 0.292 e. The molecule has 0 aliphatic carbocycles. The predicted molar refractivity (Wildman–Crippen MR) is 237 cm³/mol. The van der Waals surface area contributed by atoms with E-state index in [0.717, 1.165) is 50.2 Å². The van der Waals surface area contributed by atoms with E-state index in [9.17, 15) is 4.79 Å². The van der Waals surface area contributed by atoms with Gasteiger partial charge in [-0.25, -0.2) is 4.98 Å². The van der Waals surface area contributed by atoms with Crippen molar-refractivity contribution in [2.75, 3.05) is 0 Å². The molecule has 1 heterocycles. The highest BCUT2D eigenvalue weighted by Crippen LogP contribution is 2.45. The summed E-state index contributed by atoms with van der Waals surface area (Å²) in [5.74, 6) is 0.931. The zero-order valence-corrected chi connectivity index (χ0v) is 30.9. The maximum absolute atomic E-state index is 13.3. The van der Waals surface area contributed by atoms with Gasteiger partial charge in [-0.1, -0.05) is 194 Å². The normalized spacial score (nSPS) is 11.6. The molecule has 266 valence electrons. The number of ketones is 1. The van der Waals surface area contributed by atoms with Crippen LogP contribution in [0.3, 0.4) is 0 Å². The zero-order chi connectivity index (χ0) is 37.9. The zero-order valence-electron chi connectivity index (χ0n) is 30.9. The number of nitrogens with zero attached hydrogens (tertiary/aromatic N) is 2. The van der Waals surface area contributed by atoms with Crippen LogP contribution in [-0.2, 0) is 0 Å². The van der Waals surface area contributed by atoms with Crippen LogP contribution in [0.15, 0.2) is 206 Å². The Bertz CT molecular complexity index is 3270. The van der Waals surface area contributed by atoms with Gasteiger partial charge in [-0.05, 0) is 66.7 Å². The second kappa shape index (κ2) is 13.3. The maximum Gasteiger partial charge on any atom is 0.193 e. The average molecular weight is 727 g/mol. The third-order valence-corrected chi connectivity index (χ3v) is 11.4. The summed E-state index contributed by atoms with van der Waals surface area (Å²) in [6, 6.07) is 71.7. The van der Waals surface area contributed by atoms with Gasteiger partial charge in [-0.2, -0.15) is 0 Å². The maximum atomic E-state index is 13.3. The smallest absolute Gasteiger partial charge is 0.193 e. The highest BCUT2D eigenvalue weighted by Gasteiger charge is 2.21. The summed E-state index contributed by atoms with van der Waals surface area (Å²) < 4.78 is 2.33. The van der Waals surface area contributed by atoms with Crippen LogP contribution in [0.25, 0.3) is 93.5 Å². The fourth-order valence-electron chi connectivity index (χ4n) is 8.81. The third kappa shape index (κ3) is 5.28. The highest BCUT2D eigenvalue weighted by molar-refractivity contribution is 6.24. The molecule has 1 aromatic heterocycles. The van der Waals surface area contributed by atoms with Crippen LogP contribution >= 0.6 is 0 Å². The monoisotopic (exact) mass is 726 g/mol. The number of imidazole rings is 1. The van der Waals surface area contributed by atoms with E-state index in [2.05, 4.69) is 168 Å². The van der Waals surface area contributed by atoms with Gasteiger partial charge in [0.2, 0.25) is 0 Å². The minimum atomic E-state index is 0.0247. The molecule has 11 rings (SSSR count). The van der Waals surface area contributed by atoms with Crippen molar-refractivity contribution in [1.29, 1.82) is 0 Å². The molecule has 0 saturated heterocycles. The molecule has 57 heavy (non-hydrogen) atoms. The van der Waals surface area contributed by atoms with Crippen LogP contribution < -0.4 is 0 Å². The van der Waals surface area contributed by atoms with Crippen LogP contribution in [-0.4, -0.2) is 15.3 Å². The number of hydrogen-bond donors (Lipinski definition) is 0. The number of fused-ring (bicyclic) bond motifs is 8. The Hall–Kier alpha value is -7.62. The van der Waals surface area contributed by atoms with Gasteiger partial charge in [-0.3, -0.25) is 9.36 Å². The van der Waals surface area contributed by atoms with Crippen molar-refractivity contribution in [2.45, 2.75) is 0 Å². The Morgan fingerprint density at radius 2 is 0.737 bits per heavy atom. The van der Waals surface area contributed by atoms with Crippen molar-refractivity contribution in [1.82, 2.24) is 9.55 Å². The minimum Gasteiger partial charge on any atom is -0.292 e. The van der Waals surface area contributed by atoms with E-state index in [1.807, 2.05) is 42.5 Å². The molecule has 0 N–H and O–H groups in total. The van der Waals surface area contributed by atoms with E-state index >= 15 is 0 Å². The Balaban J connectivity index is 1.08. The van der Waals surface area contributed by atoms with Crippen LogP contribution in [0.5, 0.6) is 0 Å². The molecule has 0 aliphatic rings. The van der Waals surface area contributed by atoms with Crippen molar-refractivity contribution in [3.05, 3.63) is 217 Å². The lowest BCUT2D eigenvalue weighted by Crippen LogP contribution is -2.00. The van der Waals surface area contributed by atoms with Gasteiger partial charge < -0.3 is 0 Å². The van der Waals surface area contributed by atoms with Gasteiger partial charge >= 0.3 is 0 Å². The van der Waals surface area contributed by atoms with Crippen LogP contribution in [0, 0.1) is 0 Å². The Morgan fingerprint density at radius 1 is 0.351 bits per heavy atom. The first kappa shape index (κ1) is 32.8. The molecular weight excluding hydrogens is 693 g/mol. The molecule has 3 nitrogen and oxygen atoms in total. The van der Waals surface area contributed by atoms with Gasteiger partial charge in [0.1, 0.15) is 5.82 Å². The lowest BCUT2D eigenvalue weighted by Gasteiger charge is -2.18. The van der Waals surface area contributed by atoms with E-state index in [1.165, 1.54) is 43.3 Å². The number of para-hydroxylation sites is 1. The molecule has 0 bridgehead atoms. The molecule has 0 amide bonds. The average Bonchev–Trinajstić information content (AvgIpc) is 3.70. The summed E-state index contributed by atoms with van der Waals surface area (Å²) in [6.07, 6.45) is 0. The number of aromatic nitrogens is 2. The summed E-state index contributed by atoms with van der Waals surface area (Å²) >= 11 is 0. The summed E-state index contributed by atoms with van der Waals surface area (Å²) in [6.45, 7) is 0. The van der Waals surface area contributed by atoms with Gasteiger partial charge in [0.15, 0.2) is 5.78 Å². The van der Waals surface area contributed by atoms with E-state index < -0.39 is 0 Å². The second-order valence-electron chi connectivity index (χ2n) is 14.6. The first-order chi connectivity index (χ1) is 28.2. The third-order valence-electron chi connectivity index (χ3n) is 11.4. The number of carbonyl (C=O) groups excluding carboxylic acids is 1. The Labute approximate surface area is 329 Å². The van der Waals surface area contributed by atoms with Crippen molar-refractivity contribution in [2.24, 2.45) is 0 Å².